The minimum Gasteiger partial charge on any atom is -0.366 e. The molecule has 7 nitrogen and oxygen atoms in total. The average Bonchev–Trinajstić information content (AvgIpc) is 3.64. The van der Waals surface area contributed by atoms with Gasteiger partial charge in [0.15, 0.2) is 5.65 Å². The van der Waals surface area contributed by atoms with Crippen molar-refractivity contribution in [2.45, 2.75) is 38.1 Å². The summed E-state index contributed by atoms with van der Waals surface area (Å²) in [4.78, 5) is 24.4. The van der Waals surface area contributed by atoms with Gasteiger partial charge in [0.1, 0.15) is 5.82 Å². The fraction of sp³-hybridized carbons (Fsp3) is 0.407. The van der Waals surface area contributed by atoms with E-state index < -0.39 is 0 Å². The Labute approximate surface area is 213 Å². The highest BCUT2D eigenvalue weighted by Gasteiger charge is 2.48. The number of piperidine rings is 1. The number of hydrogen-bond donors (Lipinski definition) is 1. The number of anilines is 1. The zero-order valence-corrected chi connectivity index (χ0v) is 21.1. The number of amides is 1. The fourth-order valence-electron chi connectivity index (χ4n) is 5.50. The minimum atomic E-state index is 0.216. The number of likely N-dealkylation sites (tertiary alicyclic amines) is 1. The predicted octanol–water partition coefficient (Wildman–Crippen LogP) is 4.97. The van der Waals surface area contributed by atoms with Crippen LogP contribution in [0.15, 0.2) is 65.6 Å². The van der Waals surface area contributed by atoms with Crippen LogP contribution in [0.25, 0.3) is 5.65 Å². The molecule has 0 spiro atoms. The molecule has 3 atom stereocenters. The van der Waals surface area contributed by atoms with Gasteiger partial charge in [-0.2, -0.15) is 9.61 Å². The van der Waals surface area contributed by atoms with Crippen molar-refractivity contribution in [1.29, 1.82) is 0 Å². The molecule has 1 amide bonds. The molecule has 1 N–H and O–H groups in total. The molecule has 180 valence electrons. The minimum absolute atomic E-state index is 0.216. The largest absolute Gasteiger partial charge is 0.366 e. The van der Waals surface area contributed by atoms with Gasteiger partial charge in [-0.25, -0.2) is 4.98 Å². The molecule has 6 rings (SSSR count). The maximum Gasteiger partial charge on any atom is 0.225 e. The summed E-state index contributed by atoms with van der Waals surface area (Å²) in [5, 5.41) is 8.00. The van der Waals surface area contributed by atoms with E-state index in [0.717, 1.165) is 66.0 Å². The van der Waals surface area contributed by atoms with Crippen molar-refractivity contribution in [3.05, 3.63) is 76.8 Å². The zero-order chi connectivity index (χ0) is 23.8. The second-order valence-corrected chi connectivity index (χ2v) is 10.7. The van der Waals surface area contributed by atoms with Crippen LogP contribution in [0.1, 0.15) is 42.9 Å². The third-order valence-electron chi connectivity index (χ3n) is 7.59. The van der Waals surface area contributed by atoms with Crippen molar-refractivity contribution in [2.24, 2.45) is 17.8 Å². The van der Waals surface area contributed by atoms with Gasteiger partial charge in [-0.3, -0.25) is 9.78 Å². The molecule has 0 radical (unpaired) electrons. The molecule has 35 heavy (non-hydrogen) atoms. The van der Waals surface area contributed by atoms with Gasteiger partial charge in [0.05, 0.1) is 10.7 Å². The number of pyridine rings is 1. The summed E-state index contributed by atoms with van der Waals surface area (Å²) in [6.07, 6.45) is 18.1. The highest BCUT2D eigenvalue weighted by atomic mass is 79.9. The van der Waals surface area contributed by atoms with Crippen molar-refractivity contribution >= 4 is 33.3 Å². The summed E-state index contributed by atoms with van der Waals surface area (Å²) in [6, 6.07) is 6.11. The van der Waals surface area contributed by atoms with E-state index in [4.69, 9.17) is 4.98 Å². The molecular formula is C27H29BrN6O. The summed E-state index contributed by atoms with van der Waals surface area (Å²) in [6.45, 7) is 2.27. The van der Waals surface area contributed by atoms with Gasteiger partial charge >= 0.3 is 0 Å². The highest BCUT2D eigenvalue weighted by Crippen LogP contribution is 2.48. The lowest BCUT2D eigenvalue weighted by atomic mass is 9.92. The van der Waals surface area contributed by atoms with E-state index >= 15 is 0 Å². The quantitative estimate of drug-likeness (QED) is 0.484. The van der Waals surface area contributed by atoms with E-state index in [1.54, 1.807) is 12.4 Å². The standard InChI is InChI=1S/C27H29BrN6O/c28-23-17-31-34-25(30-16-18-5-4-10-29-15-18)14-24(32-26(23)34)20-8-11-33(12-9-20)27(35)22-13-21(22)19-6-2-1-3-7-19/h1-6,10,14-15,17,19-22,30H,7-9,11-13,16H2/t19?,21-,22+/m0/s1. The molecule has 1 aliphatic heterocycles. The van der Waals surface area contributed by atoms with E-state index in [9.17, 15) is 4.79 Å². The zero-order valence-electron chi connectivity index (χ0n) is 19.6. The van der Waals surface area contributed by atoms with Crippen molar-refractivity contribution in [1.82, 2.24) is 24.5 Å². The summed E-state index contributed by atoms with van der Waals surface area (Å²) in [7, 11) is 0. The van der Waals surface area contributed by atoms with E-state index in [1.165, 1.54) is 0 Å². The monoisotopic (exact) mass is 532 g/mol. The van der Waals surface area contributed by atoms with E-state index in [-0.39, 0.29) is 5.92 Å². The highest BCUT2D eigenvalue weighted by molar-refractivity contribution is 9.10. The molecule has 8 heteroatoms. The van der Waals surface area contributed by atoms with Gasteiger partial charge < -0.3 is 10.2 Å². The number of aromatic nitrogens is 4. The first kappa shape index (κ1) is 22.5. The summed E-state index contributed by atoms with van der Waals surface area (Å²) in [5.74, 6) is 2.87. The maximum absolute atomic E-state index is 13.2. The van der Waals surface area contributed by atoms with Crippen LogP contribution in [0.3, 0.4) is 0 Å². The molecule has 3 aromatic rings. The molecule has 3 aliphatic rings. The number of nitrogens with one attached hydrogen (secondary N) is 1. The maximum atomic E-state index is 13.2. The molecule has 2 aliphatic carbocycles. The normalized spacial score (nSPS) is 24.1. The molecule has 1 unspecified atom stereocenters. The lowest BCUT2D eigenvalue weighted by molar-refractivity contribution is -0.134. The molecule has 4 heterocycles. The van der Waals surface area contributed by atoms with Crippen LogP contribution >= 0.6 is 15.9 Å². The third kappa shape index (κ3) is 4.63. The SMILES string of the molecule is O=C([C@@H]1C[C@H]1C1C=CC=CC1)N1CCC(c2cc(NCc3cccnc3)n3ncc(Br)c3n2)CC1. The number of hydrogen-bond acceptors (Lipinski definition) is 5. The third-order valence-corrected chi connectivity index (χ3v) is 8.15. The second kappa shape index (κ2) is 9.57. The lowest BCUT2D eigenvalue weighted by Crippen LogP contribution is -2.39. The van der Waals surface area contributed by atoms with E-state index in [0.29, 0.717) is 30.2 Å². The first-order valence-electron chi connectivity index (χ1n) is 12.5. The van der Waals surface area contributed by atoms with E-state index in [1.807, 2.05) is 16.8 Å². The second-order valence-electron chi connectivity index (χ2n) is 9.83. The Morgan fingerprint density at radius 3 is 2.86 bits per heavy atom. The Kier molecular flexibility index (Phi) is 6.14. The molecule has 1 saturated carbocycles. The van der Waals surface area contributed by atoms with Gasteiger partial charge in [-0.1, -0.05) is 30.4 Å². The van der Waals surface area contributed by atoms with Gasteiger partial charge in [0, 0.05) is 55.6 Å². The molecular weight excluding hydrogens is 504 g/mol. The number of halogens is 1. The Morgan fingerprint density at radius 2 is 2.09 bits per heavy atom. The number of carbonyl (C=O) groups excluding carboxylic acids is 1. The van der Waals surface area contributed by atoms with Crippen LogP contribution < -0.4 is 5.32 Å². The molecule has 2 fully saturated rings. The van der Waals surface area contributed by atoms with Crippen LogP contribution in [-0.2, 0) is 11.3 Å². The first-order chi connectivity index (χ1) is 17.2. The van der Waals surface area contributed by atoms with Crippen LogP contribution in [0.4, 0.5) is 5.82 Å². The number of rotatable bonds is 6. The van der Waals surface area contributed by atoms with Gasteiger partial charge in [-0.05, 0) is 65.1 Å². The van der Waals surface area contributed by atoms with Gasteiger partial charge in [0.25, 0.3) is 0 Å². The summed E-state index contributed by atoms with van der Waals surface area (Å²) < 4.78 is 2.72. The average molecular weight is 533 g/mol. The fourth-order valence-corrected chi connectivity index (χ4v) is 5.85. The first-order valence-corrected chi connectivity index (χ1v) is 13.3. The number of fused-ring (bicyclic) bond motifs is 1. The Bertz CT molecular complexity index is 1280. The summed E-state index contributed by atoms with van der Waals surface area (Å²) in [5.41, 5.74) is 2.98. The number of allylic oxidation sites excluding steroid dienone is 4. The van der Waals surface area contributed by atoms with Gasteiger partial charge in [-0.15, -0.1) is 0 Å². The smallest absolute Gasteiger partial charge is 0.225 e. The summed E-state index contributed by atoms with van der Waals surface area (Å²) >= 11 is 3.60. The van der Waals surface area contributed by atoms with Crippen LogP contribution in [0, 0.1) is 17.8 Å². The van der Waals surface area contributed by atoms with Gasteiger partial charge in [0.2, 0.25) is 5.91 Å². The molecule has 0 aromatic carbocycles. The molecule has 3 aromatic heterocycles. The topological polar surface area (TPSA) is 75.4 Å². The predicted molar refractivity (Wildman–Crippen MR) is 139 cm³/mol. The molecule has 1 saturated heterocycles. The lowest BCUT2D eigenvalue weighted by Gasteiger charge is -2.32. The van der Waals surface area contributed by atoms with Crippen LogP contribution in [-0.4, -0.2) is 43.5 Å². The Hall–Kier alpha value is -3.00. The van der Waals surface area contributed by atoms with Crippen LogP contribution in [0.5, 0.6) is 0 Å². The van der Waals surface area contributed by atoms with Crippen molar-refractivity contribution in [2.75, 3.05) is 18.4 Å². The van der Waals surface area contributed by atoms with Crippen molar-refractivity contribution in [3.8, 4) is 0 Å². The Morgan fingerprint density at radius 1 is 1.20 bits per heavy atom. The number of nitrogens with zero attached hydrogens (tertiary/aromatic N) is 5. The van der Waals surface area contributed by atoms with E-state index in [2.05, 4.69) is 72.7 Å². The molecule has 0 bridgehead atoms. The number of carbonyl (C=O) groups is 1. The van der Waals surface area contributed by atoms with Crippen molar-refractivity contribution in [3.63, 3.8) is 0 Å². The van der Waals surface area contributed by atoms with Crippen molar-refractivity contribution < 1.29 is 4.79 Å². The Balaban J connectivity index is 1.12. The van der Waals surface area contributed by atoms with Crippen LogP contribution in [0.2, 0.25) is 0 Å².